The molecule has 1 aliphatic rings. The molecule has 0 aliphatic heterocycles. The number of halogens is 1. The second kappa shape index (κ2) is 4.73. The predicted octanol–water partition coefficient (Wildman–Crippen LogP) is 3.65. The summed E-state index contributed by atoms with van der Waals surface area (Å²) < 4.78 is 5.93. The zero-order valence-corrected chi connectivity index (χ0v) is 11.7. The van der Waals surface area contributed by atoms with Gasteiger partial charge >= 0.3 is 5.97 Å². The SMILES string of the molecule is COC(=O)c1cc(I)c(C)c(C2CCC2)c1. The Kier molecular flexibility index (Phi) is 3.52. The molecule has 1 aliphatic carbocycles. The molecule has 0 amide bonds. The van der Waals surface area contributed by atoms with E-state index in [0.717, 1.165) is 3.57 Å². The molecule has 86 valence electrons. The normalized spacial score (nSPS) is 15.7. The monoisotopic (exact) mass is 330 g/mol. The molecule has 16 heavy (non-hydrogen) atoms. The molecular weight excluding hydrogens is 315 g/mol. The Labute approximate surface area is 110 Å². The second-order valence-electron chi connectivity index (χ2n) is 4.29. The lowest BCUT2D eigenvalue weighted by Gasteiger charge is -2.28. The number of methoxy groups -OCH3 is 1. The third-order valence-corrected chi connectivity index (χ3v) is 4.47. The van der Waals surface area contributed by atoms with E-state index >= 15 is 0 Å². The molecule has 0 unspecified atom stereocenters. The molecule has 0 aromatic heterocycles. The van der Waals surface area contributed by atoms with Gasteiger partial charge < -0.3 is 4.74 Å². The number of hydrogen-bond donors (Lipinski definition) is 0. The highest BCUT2D eigenvalue weighted by atomic mass is 127. The number of ether oxygens (including phenoxy) is 1. The number of carbonyl (C=O) groups excluding carboxylic acids is 1. The van der Waals surface area contributed by atoms with E-state index < -0.39 is 0 Å². The molecule has 1 saturated carbocycles. The van der Waals surface area contributed by atoms with Gasteiger partial charge in [-0.05, 0) is 71.5 Å². The fourth-order valence-corrected chi connectivity index (χ4v) is 2.73. The first-order valence-electron chi connectivity index (χ1n) is 5.52. The van der Waals surface area contributed by atoms with Gasteiger partial charge in [-0.15, -0.1) is 0 Å². The van der Waals surface area contributed by atoms with E-state index in [1.54, 1.807) is 0 Å². The largest absolute Gasteiger partial charge is 0.465 e. The lowest BCUT2D eigenvalue weighted by molar-refractivity contribution is 0.0600. The zero-order valence-electron chi connectivity index (χ0n) is 9.55. The van der Waals surface area contributed by atoms with Crippen molar-refractivity contribution in [2.45, 2.75) is 32.1 Å². The Morgan fingerprint density at radius 2 is 2.12 bits per heavy atom. The van der Waals surface area contributed by atoms with Crippen molar-refractivity contribution in [3.8, 4) is 0 Å². The van der Waals surface area contributed by atoms with Gasteiger partial charge in [0.25, 0.3) is 0 Å². The molecule has 0 radical (unpaired) electrons. The highest BCUT2D eigenvalue weighted by Gasteiger charge is 2.23. The fraction of sp³-hybridized carbons (Fsp3) is 0.462. The summed E-state index contributed by atoms with van der Waals surface area (Å²) >= 11 is 2.29. The summed E-state index contributed by atoms with van der Waals surface area (Å²) in [5.74, 6) is 0.414. The van der Waals surface area contributed by atoms with Crippen molar-refractivity contribution in [2.24, 2.45) is 0 Å². The van der Waals surface area contributed by atoms with E-state index in [-0.39, 0.29) is 5.97 Å². The molecule has 0 saturated heterocycles. The van der Waals surface area contributed by atoms with Crippen LogP contribution in [-0.4, -0.2) is 13.1 Å². The highest BCUT2D eigenvalue weighted by molar-refractivity contribution is 14.1. The van der Waals surface area contributed by atoms with E-state index in [4.69, 9.17) is 4.74 Å². The van der Waals surface area contributed by atoms with Gasteiger partial charge in [0.05, 0.1) is 12.7 Å². The van der Waals surface area contributed by atoms with Crippen LogP contribution in [0.15, 0.2) is 12.1 Å². The standard InChI is InChI=1S/C13H15IO2/c1-8-11(9-4-3-5-9)6-10(7-12(8)14)13(15)16-2/h6-7,9H,3-5H2,1-2H3. The number of carbonyl (C=O) groups is 1. The molecule has 0 spiro atoms. The summed E-state index contributed by atoms with van der Waals surface area (Å²) in [5, 5.41) is 0. The minimum atomic E-state index is -0.238. The number of rotatable bonds is 2. The minimum absolute atomic E-state index is 0.238. The maximum Gasteiger partial charge on any atom is 0.337 e. The van der Waals surface area contributed by atoms with Gasteiger partial charge in [-0.2, -0.15) is 0 Å². The molecule has 0 bridgehead atoms. The van der Waals surface area contributed by atoms with Crippen LogP contribution in [0.25, 0.3) is 0 Å². The van der Waals surface area contributed by atoms with Crippen molar-refractivity contribution in [3.05, 3.63) is 32.4 Å². The van der Waals surface area contributed by atoms with Gasteiger partial charge in [-0.3, -0.25) is 0 Å². The van der Waals surface area contributed by atoms with Gasteiger partial charge in [0.15, 0.2) is 0 Å². The van der Waals surface area contributed by atoms with Crippen LogP contribution in [0, 0.1) is 10.5 Å². The summed E-state index contributed by atoms with van der Waals surface area (Å²) in [6.07, 6.45) is 3.81. The summed E-state index contributed by atoms with van der Waals surface area (Å²) in [4.78, 5) is 11.5. The molecule has 0 N–H and O–H groups in total. The Bertz CT molecular complexity index is 422. The Morgan fingerprint density at radius 3 is 2.62 bits per heavy atom. The Balaban J connectivity index is 2.42. The van der Waals surface area contributed by atoms with Crippen LogP contribution in [0.4, 0.5) is 0 Å². The first kappa shape index (κ1) is 11.9. The average Bonchev–Trinajstić information content (AvgIpc) is 2.20. The molecule has 0 heterocycles. The van der Waals surface area contributed by atoms with Crippen molar-refractivity contribution >= 4 is 28.6 Å². The Morgan fingerprint density at radius 1 is 1.44 bits per heavy atom. The van der Waals surface area contributed by atoms with E-state index in [1.807, 2.05) is 12.1 Å². The van der Waals surface area contributed by atoms with Gasteiger partial charge in [0, 0.05) is 3.57 Å². The van der Waals surface area contributed by atoms with Crippen molar-refractivity contribution in [1.82, 2.24) is 0 Å². The Hall–Kier alpha value is -0.580. The summed E-state index contributed by atoms with van der Waals surface area (Å²) in [6.45, 7) is 2.14. The lowest BCUT2D eigenvalue weighted by atomic mass is 9.78. The zero-order chi connectivity index (χ0) is 11.7. The number of hydrogen-bond acceptors (Lipinski definition) is 2. The van der Waals surface area contributed by atoms with Gasteiger partial charge in [0.1, 0.15) is 0 Å². The van der Waals surface area contributed by atoms with Crippen LogP contribution in [0.5, 0.6) is 0 Å². The molecule has 1 fully saturated rings. The first-order valence-corrected chi connectivity index (χ1v) is 6.59. The third kappa shape index (κ3) is 2.10. The van der Waals surface area contributed by atoms with E-state index in [0.29, 0.717) is 11.5 Å². The molecular formula is C13H15IO2. The van der Waals surface area contributed by atoms with Crippen molar-refractivity contribution in [3.63, 3.8) is 0 Å². The summed E-state index contributed by atoms with van der Waals surface area (Å²) in [7, 11) is 1.43. The minimum Gasteiger partial charge on any atom is -0.465 e. The maximum absolute atomic E-state index is 11.5. The highest BCUT2D eigenvalue weighted by Crippen LogP contribution is 2.39. The maximum atomic E-state index is 11.5. The van der Waals surface area contributed by atoms with Crippen LogP contribution in [0.2, 0.25) is 0 Å². The van der Waals surface area contributed by atoms with Crippen LogP contribution < -0.4 is 0 Å². The van der Waals surface area contributed by atoms with Gasteiger partial charge in [-0.25, -0.2) is 4.79 Å². The van der Waals surface area contributed by atoms with Crippen molar-refractivity contribution in [1.29, 1.82) is 0 Å². The molecule has 3 heteroatoms. The second-order valence-corrected chi connectivity index (χ2v) is 5.45. The average molecular weight is 330 g/mol. The number of esters is 1. The smallest absolute Gasteiger partial charge is 0.337 e. The van der Waals surface area contributed by atoms with E-state index in [1.165, 1.54) is 37.5 Å². The van der Waals surface area contributed by atoms with Crippen LogP contribution in [0.3, 0.4) is 0 Å². The topological polar surface area (TPSA) is 26.3 Å². The molecule has 1 aromatic rings. The van der Waals surface area contributed by atoms with Crippen LogP contribution >= 0.6 is 22.6 Å². The van der Waals surface area contributed by atoms with Gasteiger partial charge in [-0.1, -0.05) is 6.42 Å². The first-order chi connectivity index (χ1) is 7.63. The van der Waals surface area contributed by atoms with Crippen LogP contribution in [0.1, 0.15) is 46.7 Å². The lowest BCUT2D eigenvalue weighted by Crippen LogP contribution is -2.13. The third-order valence-electron chi connectivity index (χ3n) is 3.35. The quantitative estimate of drug-likeness (QED) is 0.611. The fourth-order valence-electron chi connectivity index (χ4n) is 2.08. The van der Waals surface area contributed by atoms with Gasteiger partial charge in [0.2, 0.25) is 0 Å². The molecule has 1 aromatic carbocycles. The molecule has 0 atom stereocenters. The molecule has 2 rings (SSSR count). The van der Waals surface area contributed by atoms with E-state index in [2.05, 4.69) is 29.5 Å². The van der Waals surface area contributed by atoms with E-state index in [9.17, 15) is 4.79 Å². The molecule has 2 nitrogen and oxygen atoms in total. The predicted molar refractivity (Wildman–Crippen MR) is 71.8 cm³/mol. The van der Waals surface area contributed by atoms with Crippen LogP contribution in [-0.2, 0) is 4.74 Å². The number of benzene rings is 1. The van der Waals surface area contributed by atoms with Crippen molar-refractivity contribution in [2.75, 3.05) is 7.11 Å². The summed E-state index contributed by atoms with van der Waals surface area (Å²) in [6, 6.07) is 3.91. The van der Waals surface area contributed by atoms with Crippen molar-refractivity contribution < 1.29 is 9.53 Å². The summed E-state index contributed by atoms with van der Waals surface area (Å²) in [5.41, 5.74) is 3.33.